The molecule has 0 saturated carbocycles. The number of hydrogen-bond acceptors (Lipinski definition) is 3. The number of thiophene rings is 1. The molecular formula is C11H14BrNO2S. The number of halogens is 1. The zero-order valence-corrected chi connectivity index (χ0v) is 11.5. The van der Waals surface area contributed by atoms with E-state index in [9.17, 15) is 4.79 Å². The van der Waals surface area contributed by atoms with Gasteiger partial charge < -0.3 is 9.64 Å². The molecule has 1 aliphatic rings. The highest BCUT2D eigenvalue weighted by atomic mass is 79.9. The number of carbonyl (C=O) groups excluding carboxylic acids is 1. The van der Waals surface area contributed by atoms with Crippen LogP contribution in [0.5, 0.6) is 5.75 Å². The first-order valence-electron chi connectivity index (χ1n) is 5.22. The fraction of sp³-hybridized carbons (Fsp3) is 0.545. The molecular weight excluding hydrogens is 290 g/mol. The topological polar surface area (TPSA) is 29.5 Å². The Balaban J connectivity index is 2.02. The molecule has 1 saturated heterocycles. The molecule has 88 valence electrons. The van der Waals surface area contributed by atoms with Crippen molar-refractivity contribution in [2.45, 2.75) is 6.42 Å². The maximum Gasteiger partial charge on any atom is 0.264 e. The second-order valence-electron chi connectivity index (χ2n) is 3.91. The largest absolute Gasteiger partial charge is 0.496 e. The van der Waals surface area contributed by atoms with Crippen LogP contribution in [0.4, 0.5) is 0 Å². The van der Waals surface area contributed by atoms with Crippen LogP contribution in [0.25, 0.3) is 0 Å². The van der Waals surface area contributed by atoms with Crippen LogP contribution in [0, 0.1) is 5.92 Å². The van der Waals surface area contributed by atoms with E-state index in [1.807, 2.05) is 16.3 Å². The summed E-state index contributed by atoms with van der Waals surface area (Å²) < 4.78 is 5.08. The molecule has 0 radical (unpaired) electrons. The van der Waals surface area contributed by atoms with Crippen LogP contribution < -0.4 is 4.74 Å². The Morgan fingerprint density at radius 3 is 3.12 bits per heavy atom. The maximum atomic E-state index is 12.1. The SMILES string of the molecule is COc1csc(C(=O)N2CCC(CBr)C2)c1. The lowest BCUT2D eigenvalue weighted by atomic mass is 10.2. The molecule has 0 aromatic carbocycles. The summed E-state index contributed by atoms with van der Waals surface area (Å²) in [6.07, 6.45) is 1.10. The number of rotatable bonds is 3. The average Bonchev–Trinajstić information content (AvgIpc) is 2.97. The van der Waals surface area contributed by atoms with Gasteiger partial charge in [0.15, 0.2) is 0 Å². The first kappa shape index (κ1) is 11.9. The van der Waals surface area contributed by atoms with Crippen molar-refractivity contribution >= 4 is 33.2 Å². The summed E-state index contributed by atoms with van der Waals surface area (Å²) in [4.78, 5) is 14.8. The number of ether oxygens (including phenoxy) is 1. The van der Waals surface area contributed by atoms with Crippen LogP contribution >= 0.6 is 27.3 Å². The summed E-state index contributed by atoms with van der Waals surface area (Å²) in [5, 5.41) is 2.84. The molecule has 0 bridgehead atoms. The molecule has 0 N–H and O–H groups in total. The molecule has 2 rings (SSSR count). The summed E-state index contributed by atoms with van der Waals surface area (Å²) in [5.74, 6) is 1.51. The minimum absolute atomic E-state index is 0.136. The lowest BCUT2D eigenvalue weighted by Gasteiger charge is -2.14. The number of nitrogens with zero attached hydrogens (tertiary/aromatic N) is 1. The first-order chi connectivity index (χ1) is 7.74. The van der Waals surface area contributed by atoms with Gasteiger partial charge >= 0.3 is 0 Å². The van der Waals surface area contributed by atoms with Crippen LogP contribution in [0.1, 0.15) is 16.1 Å². The van der Waals surface area contributed by atoms with Gasteiger partial charge in [-0.25, -0.2) is 0 Å². The molecule has 3 nitrogen and oxygen atoms in total. The quantitative estimate of drug-likeness (QED) is 0.803. The lowest BCUT2D eigenvalue weighted by Crippen LogP contribution is -2.28. The molecule has 0 spiro atoms. The molecule has 1 amide bonds. The number of carbonyl (C=O) groups is 1. The number of likely N-dealkylation sites (tertiary alicyclic amines) is 1. The van der Waals surface area contributed by atoms with Crippen molar-refractivity contribution in [2.75, 3.05) is 25.5 Å². The highest BCUT2D eigenvalue weighted by Gasteiger charge is 2.26. The van der Waals surface area contributed by atoms with Gasteiger partial charge in [-0.3, -0.25) is 4.79 Å². The van der Waals surface area contributed by atoms with Crippen molar-refractivity contribution < 1.29 is 9.53 Å². The third kappa shape index (κ3) is 2.40. The average molecular weight is 304 g/mol. The fourth-order valence-electron chi connectivity index (χ4n) is 1.84. The molecule has 1 aromatic heterocycles. The van der Waals surface area contributed by atoms with E-state index in [0.29, 0.717) is 5.92 Å². The van der Waals surface area contributed by atoms with Crippen LogP contribution in [0.15, 0.2) is 11.4 Å². The third-order valence-corrected chi connectivity index (χ3v) is 4.63. The Labute approximate surface area is 108 Å². The van der Waals surface area contributed by atoms with E-state index in [1.54, 1.807) is 7.11 Å². The minimum Gasteiger partial charge on any atom is -0.496 e. The number of amides is 1. The predicted molar refractivity (Wildman–Crippen MR) is 68.7 cm³/mol. The monoisotopic (exact) mass is 303 g/mol. The predicted octanol–water partition coefficient (Wildman–Crippen LogP) is 2.61. The van der Waals surface area contributed by atoms with Crippen molar-refractivity contribution in [1.29, 1.82) is 0 Å². The molecule has 1 fully saturated rings. The summed E-state index contributed by atoms with van der Waals surface area (Å²) in [7, 11) is 1.62. The van der Waals surface area contributed by atoms with Gasteiger partial charge in [-0.15, -0.1) is 11.3 Å². The van der Waals surface area contributed by atoms with Gasteiger partial charge in [0, 0.05) is 29.9 Å². The van der Waals surface area contributed by atoms with E-state index < -0.39 is 0 Å². The van der Waals surface area contributed by atoms with Crippen LogP contribution in [-0.2, 0) is 0 Å². The Morgan fingerprint density at radius 2 is 2.56 bits per heavy atom. The summed E-state index contributed by atoms with van der Waals surface area (Å²) in [5.41, 5.74) is 0. The Morgan fingerprint density at radius 1 is 1.75 bits per heavy atom. The number of alkyl halides is 1. The molecule has 1 aliphatic heterocycles. The van der Waals surface area contributed by atoms with Gasteiger partial charge in [-0.05, 0) is 12.3 Å². The molecule has 1 aromatic rings. The van der Waals surface area contributed by atoms with Crippen molar-refractivity contribution in [1.82, 2.24) is 4.90 Å². The summed E-state index contributed by atoms with van der Waals surface area (Å²) in [6.45, 7) is 1.74. The van der Waals surface area contributed by atoms with E-state index in [0.717, 1.165) is 35.5 Å². The Hall–Kier alpha value is -0.550. The van der Waals surface area contributed by atoms with E-state index in [-0.39, 0.29) is 5.91 Å². The second-order valence-corrected chi connectivity index (χ2v) is 5.47. The molecule has 5 heteroatoms. The molecule has 16 heavy (non-hydrogen) atoms. The van der Waals surface area contributed by atoms with Gasteiger partial charge in [0.25, 0.3) is 5.91 Å². The standard InChI is InChI=1S/C11H14BrNO2S/c1-15-9-4-10(16-7-9)11(14)13-3-2-8(5-12)6-13/h4,7-8H,2-3,5-6H2,1H3. The van der Waals surface area contributed by atoms with Gasteiger partial charge in [-0.1, -0.05) is 15.9 Å². The molecule has 1 atom stereocenters. The van der Waals surface area contributed by atoms with Crippen molar-refractivity contribution in [3.05, 3.63) is 16.3 Å². The summed E-state index contributed by atoms with van der Waals surface area (Å²) >= 11 is 4.92. The van der Waals surface area contributed by atoms with Gasteiger partial charge in [-0.2, -0.15) is 0 Å². The van der Waals surface area contributed by atoms with Crippen LogP contribution in [-0.4, -0.2) is 36.3 Å². The normalized spacial score (nSPS) is 20.1. The third-order valence-electron chi connectivity index (χ3n) is 2.81. The zero-order chi connectivity index (χ0) is 11.5. The maximum absolute atomic E-state index is 12.1. The Bertz CT molecular complexity index is 380. The summed E-state index contributed by atoms with van der Waals surface area (Å²) in [6, 6.07) is 1.81. The van der Waals surface area contributed by atoms with E-state index in [4.69, 9.17) is 4.74 Å². The van der Waals surface area contributed by atoms with Gasteiger partial charge in [0.1, 0.15) is 5.75 Å². The Kier molecular flexibility index (Phi) is 3.86. The first-order valence-corrected chi connectivity index (χ1v) is 7.22. The van der Waals surface area contributed by atoms with Crippen molar-refractivity contribution in [3.63, 3.8) is 0 Å². The molecule has 2 heterocycles. The highest BCUT2D eigenvalue weighted by molar-refractivity contribution is 9.09. The number of methoxy groups -OCH3 is 1. The highest BCUT2D eigenvalue weighted by Crippen LogP contribution is 2.25. The van der Waals surface area contributed by atoms with E-state index in [1.165, 1.54) is 11.3 Å². The van der Waals surface area contributed by atoms with Gasteiger partial charge in [0.2, 0.25) is 0 Å². The van der Waals surface area contributed by atoms with Crippen molar-refractivity contribution in [3.8, 4) is 5.75 Å². The van der Waals surface area contributed by atoms with Gasteiger partial charge in [0.05, 0.1) is 12.0 Å². The smallest absolute Gasteiger partial charge is 0.264 e. The van der Waals surface area contributed by atoms with E-state index in [2.05, 4.69) is 15.9 Å². The van der Waals surface area contributed by atoms with Crippen molar-refractivity contribution in [2.24, 2.45) is 5.92 Å². The zero-order valence-electron chi connectivity index (χ0n) is 9.11. The minimum atomic E-state index is 0.136. The van der Waals surface area contributed by atoms with Crippen LogP contribution in [0.3, 0.4) is 0 Å². The molecule has 1 unspecified atom stereocenters. The fourth-order valence-corrected chi connectivity index (χ4v) is 3.19. The second kappa shape index (κ2) is 5.19. The molecule has 0 aliphatic carbocycles. The number of hydrogen-bond donors (Lipinski definition) is 0. The van der Waals surface area contributed by atoms with E-state index >= 15 is 0 Å². The van der Waals surface area contributed by atoms with Crippen LogP contribution in [0.2, 0.25) is 0 Å². The lowest BCUT2D eigenvalue weighted by molar-refractivity contribution is 0.0793.